The van der Waals surface area contributed by atoms with Crippen molar-refractivity contribution >= 4 is 0 Å². The highest BCUT2D eigenvalue weighted by atomic mass is 15.3. The Labute approximate surface area is 120 Å². The van der Waals surface area contributed by atoms with E-state index >= 15 is 0 Å². The van der Waals surface area contributed by atoms with Crippen molar-refractivity contribution in [2.75, 3.05) is 32.7 Å². The summed E-state index contributed by atoms with van der Waals surface area (Å²) in [6, 6.07) is 0.928. The second-order valence-electron chi connectivity index (χ2n) is 7.06. The van der Waals surface area contributed by atoms with Gasteiger partial charge in [0.25, 0.3) is 0 Å². The van der Waals surface area contributed by atoms with Gasteiger partial charge in [0.2, 0.25) is 0 Å². The van der Waals surface area contributed by atoms with Gasteiger partial charge in [0.05, 0.1) is 0 Å². The van der Waals surface area contributed by atoms with Crippen LogP contribution in [0.2, 0.25) is 0 Å². The number of rotatable bonds is 6. The molecule has 2 fully saturated rings. The number of unbranched alkanes of at least 4 members (excludes halogenated alkanes) is 1. The molecule has 2 rings (SSSR count). The molecular formula is C17H34N2. The van der Waals surface area contributed by atoms with E-state index in [1.165, 1.54) is 84.1 Å². The van der Waals surface area contributed by atoms with E-state index in [2.05, 4.69) is 23.6 Å². The molecule has 0 radical (unpaired) electrons. The van der Waals surface area contributed by atoms with E-state index in [1.54, 1.807) is 0 Å². The third kappa shape index (κ3) is 5.43. The van der Waals surface area contributed by atoms with Gasteiger partial charge in [0, 0.05) is 32.2 Å². The summed E-state index contributed by atoms with van der Waals surface area (Å²) in [6.45, 7) is 11.3. The maximum Gasteiger partial charge on any atom is 0.0113 e. The van der Waals surface area contributed by atoms with Crippen molar-refractivity contribution in [2.24, 2.45) is 5.92 Å². The molecule has 0 aromatic rings. The molecular weight excluding hydrogens is 232 g/mol. The van der Waals surface area contributed by atoms with Crippen LogP contribution >= 0.6 is 0 Å². The smallest absolute Gasteiger partial charge is 0.0113 e. The van der Waals surface area contributed by atoms with Crippen molar-refractivity contribution in [1.29, 1.82) is 0 Å². The molecule has 1 saturated carbocycles. The molecule has 0 atom stereocenters. The summed E-state index contributed by atoms with van der Waals surface area (Å²) < 4.78 is 0. The van der Waals surface area contributed by atoms with Gasteiger partial charge in [-0.25, -0.2) is 0 Å². The minimum absolute atomic E-state index is 0.878. The van der Waals surface area contributed by atoms with Gasteiger partial charge < -0.3 is 4.90 Å². The molecule has 1 aliphatic heterocycles. The minimum Gasteiger partial charge on any atom is -0.301 e. The van der Waals surface area contributed by atoms with Crippen LogP contribution in [0.5, 0.6) is 0 Å². The lowest BCUT2D eigenvalue weighted by Gasteiger charge is -2.40. The molecule has 2 aliphatic rings. The summed E-state index contributed by atoms with van der Waals surface area (Å²) in [5.74, 6) is 0.878. The standard InChI is InChI=1S/C17H34N2/c1-16(2)8-6-7-11-18-12-14-19(15-13-18)17-9-4-3-5-10-17/h16-17H,3-15H2,1-2H3. The third-order valence-corrected chi connectivity index (χ3v) is 5.00. The van der Waals surface area contributed by atoms with Crippen LogP contribution in [-0.4, -0.2) is 48.6 Å². The Morgan fingerprint density at radius 3 is 2.21 bits per heavy atom. The van der Waals surface area contributed by atoms with Gasteiger partial charge in [-0.05, 0) is 31.7 Å². The molecule has 2 heteroatoms. The first-order valence-electron chi connectivity index (χ1n) is 8.72. The van der Waals surface area contributed by atoms with Crippen LogP contribution in [0.15, 0.2) is 0 Å². The highest BCUT2D eigenvalue weighted by Crippen LogP contribution is 2.23. The van der Waals surface area contributed by atoms with E-state index < -0.39 is 0 Å². The van der Waals surface area contributed by atoms with E-state index in [-0.39, 0.29) is 0 Å². The fourth-order valence-corrected chi connectivity index (χ4v) is 3.69. The first-order valence-corrected chi connectivity index (χ1v) is 8.72. The number of hydrogen-bond acceptors (Lipinski definition) is 2. The third-order valence-electron chi connectivity index (χ3n) is 5.00. The molecule has 2 nitrogen and oxygen atoms in total. The molecule has 0 spiro atoms. The molecule has 1 aliphatic carbocycles. The molecule has 0 bridgehead atoms. The van der Waals surface area contributed by atoms with Gasteiger partial charge in [0.1, 0.15) is 0 Å². The molecule has 0 aromatic carbocycles. The van der Waals surface area contributed by atoms with Crippen LogP contribution in [0.1, 0.15) is 65.2 Å². The van der Waals surface area contributed by atoms with Crippen molar-refractivity contribution < 1.29 is 0 Å². The van der Waals surface area contributed by atoms with Crippen molar-refractivity contribution in [1.82, 2.24) is 9.80 Å². The summed E-state index contributed by atoms with van der Waals surface area (Å²) >= 11 is 0. The monoisotopic (exact) mass is 266 g/mol. The van der Waals surface area contributed by atoms with E-state index in [0.29, 0.717) is 0 Å². The highest BCUT2D eigenvalue weighted by Gasteiger charge is 2.24. The Morgan fingerprint density at radius 1 is 0.895 bits per heavy atom. The van der Waals surface area contributed by atoms with Crippen LogP contribution in [0.3, 0.4) is 0 Å². The van der Waals surface area contributed by atoms with Crippen LogP contribution in [0.25, 0.3) is 0 Å². The van der Waals surface area contributed by atoms with E-state index in [9.17, 15) is 0 Å². The predicted octanol–water partition coefficient (Wildman–Crippen LogP) is 3.76. The predicted molar refractivity (Wildman–Crippen MR) is 83.6 cm³/mol. The summed E-state index contributed by atoms with van der Waals surface area (Å²) in [4.78, 5) is 5.48. The topological polar surface area (TPSA) is 6.48 Å². The SMILES string of the molecule is CC(C)CCCCN1CCN(C2CCCCC2)CC1. The van der Waals surface area contributed by atoms with Crippen LogP contribution in [-0.2, 0) is 0 Å². The Hall–Kier alpha value is -0.0800. The second-order valence-corrected chi connectivity index (χ2v) is 7.06. The normalized spacial score (nSPS) is 24.2. The van der Waals surface area contributed by atoms with Crippen molar-refractivity contribution in [3.05, 3.63) is 0 Å². The molecule has 1 heterocycles. The summed E-state index contributed by atoms with van der Waals surface area (Å²) in [5.41, 5.74) is 0. The van der Waals surface area contributed by atoms with Gasteiger partial charge in [-0.2, -0.15) is 0 Å². The first-order chi connectivity index (χ1) is 9.25. The zero-order chi connectivity index (χ0) is 13.5. The minimum atomic E-state index is 0.878. The Balaban J connectivity index is 1.57. The molecule has 0 amide bonds. The number of nitrogens with zero attached hydrogens (tertiary/aromatic N) is 2. The van der Waals surface area contributed by atoms with Gasteiger partial charge in [-0.1, -0.05) is 46.0 Å². The average Bonchev–Trinajstić information content (AvgIpc) is 2.45. The highest BCUT2D eigenvalue weighted by molar-refractivity contribution is 4.80. The quantitative estimate of drug-likeness (QED) is 0.675. The van der Waals surface area contributed by atoms with E-state index in [0.717, 1.165) is 12.0 Å². The lowest BCUT2D eigenvalue weighted by atomic mass is 9.94. The fraction of sp³-hybridized carbons (Fsp3) is 1.00. The lowest BCUT2D eigenvalue weighted by molar-refractivity contribution is 0.0780. The van der Waals surface area contributed by atoms with Gasteiger partial charge in [-0.3, -0.25) is 4.90 Å². The molecule has 0 aromatic heterocycles. The van der Waals surface area contributed by atoms with Crippen LogP contribution in [0, 0.1) is 5.92 Å². The maximum atomic E-state index is 2.78. The van der Waals surface area contributed by atoms with Crippen molar-refractivity contribution in [3.8, 4) is 0 Å². The van der Waals surface area contributed by atoms with Gasteiger partial charge in [-0.15, -0.1) is 0 Å². The first kappa shape index (κ1) is 15.3. The number of piperazine rings is 1. The molecule has 19 heavy (non-hydrogen) atoms. The van der Waals surface area contributed by atoms with Crippen molar-refractivity contribution in [2.45, 2.75) is 71.3 Å². The number of hydrogen-bond donors (Lipinski definition) is 0. The summed E-state index contributed by atoms with van der Waals surface area (Å²) in [7, 11) is 0. The summed E-state index contributed by atoms with van der Waals surface area (Å²) in [5, 5.41) is 0. The zero-order valence-corrected chi connectivity index (χ0v) is 13.2. The van der Waals surface area contributed by atoms with E-state index in [4.69, 9.17) is 0 Å². The Morgan fingerprint density at radius 2 is 1.58 bits per heavy atom. The molecule has 0 N–H and O–H groups in total. The van der Waals surface area contributed by atoms with Crippen LogP contribution < -0.4 is 0 Å². The Kier molecular flexibility index (Phi) is 6.66. The van der Waals surface area contributed by atoms with Crippen molar-refractivity contribution in [3.63, 3.8) is 0 Å². The fourth-order valence-electron chi connectivity index (χ4n) is 3.69. The zero-order valence-electron chi connectivity index (χ0n) is 13.2. The lowest BCUT2D eigenvalue weighted by Crippen LogP contribution is -2.50. The van der Waals surface area contributed by atoms with E-state index in [1.807, 2.05) is 0 Å². The molecule has 112 valence electrons. The molecule has 1 saturated heterocycles. The molecule has 0 unspecified atom stereocenters. The summed E-state index contributed by atoms with van der Waals surface area (Å²) in [6.07, 6.45) is 11.6. The maximum absolute atomic E-state index is 2.78. The largest absolute Gasteiger partial charge is 0.301 e. The van der Waals surface area contributed by atoms with Gasteiger partial charge in [0.15, 0.2) is 0 Å². The average molecular weight is 266 g/mol. The Bertz CT molecular complexity index is 225. The van der Waals surface area contributed by atoms with Gasteiger partial charge >= 0.3 is 0 Å². The van der Waals surface area contributed by atoms with Crippen LogP contribution in [0.4, 0.5) is 0 Å². The second kappa shape index (κ2) is 8.26.